The van der Waals surface area contributed by atoms with Crippen LogP contribution in [-0.2, 0) is 9.59 Å². The number of nitrogens with zero attached hydrogens (tertiary/aromatic N) is 2. The standard InChI is InChI=1S/C24H29Cl2N3O6/c1-6-32-17-11-10-16(23(20(17)26)35-9-4)27-24(31)21(14(5)30)28-29-22-18(33-7-2)12-15(25)13-19(22)34-8-3/h10-13,21H,6-9H2,1-5H3,(H,27,31). The highest BCUT2D eigenvalue weighted by Gasteiger charge is 2.26. The molecule has 190 valence electrons. The van der Waals surface area contributed by atoms with Crippen molar-refractivity contribution >= 4 is 46.3 Å². The van der Waals surface area contributed by atoms with Gasteiger partial charge in [-0.25, -0.2) is 0 Å². The van der Waals surface area contributed by atoms with Crippen molar-refractivity contribution < 1.29 is 28.5 Å². The normalized spacial score (nSPS) is 11.7. The third kappa shape index (κ3) is 7.47. The lowest BCUT2D eigenvalue weighted by Gasteiger charge is -2.17. The molecule has 0 radical (unpaired) electrons. The van der Waals surface area contributed by atoms with E-state index in [1.54, 1.807) is 45.0 Å². The molecule has 0 aliphatic rings. The molecule has 2 rings (SSSR count). The Morgan fingerprint density at radius 2 is 1.43 bits per heavy atom. The van der Waals surface area contributed by atoms with Gasteiger partial charge in [0.05, 0.1) is 32.1 Å². The Balaban J connectivity index is 2.41. The Morgan fingerprint density at radius 1 is 0.886 bits per heavy atom. The van der Waals surface area contributed by atoms with Crippen LogP contribution < -0.4 is 24.3 Å². The van der Waals surface area contributed by atoms with Crippen molar-refractivity contribution in [3.8, 4) is 23.0 Å². The largest absolute Gasteiger partial charge is 0.492 e. The van der Waals surface area contributed by atoms with E-state index in [1.165, 1.54) is 6.92 Å². The lowest BCUT2D eigenvalue weighted by atomic mass is 10.2. The number of azo groups is 1. The molecule has 2 aromatic carbocycles. The molecule has 0 bridgehead atoms. The number of rotatable bonds is 13. The maximum Gasteiger partial charge on any atom is 0.258 e. The maximum atomic E-state index is 13.0. The zero-order chi connectivity index (χ0) is 26.0. The highest BCUT2D eigenvalue weighted by molar-refractivity contribution is 6.34. The van der Waals surface area contributed by atoms with E-state index in [0.717, 1.165) is 0 Å². The van der Waals surface area contributed by atoms with E-state index >= 15 is 0 Å². The Hall–Kier alpha value is -3.04. The molecule has 0 aliphatic carbocycles. The van der Waals surface area contributed by atoms with Crippen molar-refractivity contribution in [2.24, 2.45) is 10.2 Å². The smallest absolute Gasteiger partial charge is 0.258 e. The summed E-state index contributed by atoms with van der Waals surface area (Å²) in [7, 11) is 0. The van der Waals surface area contributed by atoms with Crippen molar-refractivity contribution in [2.45, 2.75) is 40.7 Å². The second-order valence-electron chi connectivity index (χ2n) is 6.95. The van der Waals surface area contributed by atoms with Crippen LogP contribution in [0.2, 0.25) is 10.0 Å². The van der Waals surface area contributed by atoms with E-state index in [1.807, 2.05) is 6.92 Å². The fourth-order valence-electron chi connectivity index (χ4n) is 3.00. The number of ether oxygens (including phenoxy) is 4. The fraction of sp³-hybridized carbons (Fsp3) is 0.417. The van der Waals surface area contributed by atoms with Gasteiger partial charge in [0.25, 0.3) is 5.91 Å². The van der Waals surface area contributed by atoms with Crippen LogP contribution in [-0.4, -0.2) is 44.2 Å². The molecule has 35 heavy (non-hydrogen) atoms. The first kappa shape index (κ1) is 28.2. The van der Waals surface area contributed by atoms with Crippen LogP contribution in [0.5, 0.6) is 23.0 Å². The molecule has 2 aromatic rings. The molecular weight excluding hydrogens is 497 g/mol. The predicted octanol–water partition coefficient (Wildman–Crippen LogP) is 6.27. The molecule has 0 saturated carbocycles. The van der Waals surface area contributed by atoms with Crippen LogP contribution in [0.15, 0.2) is 34.5 Å². The molecule has 0 fully saturated rings. The van der Waals surface area contributed by atoms with E-state index in [-0.39, 0.29) is 22.1 Å². The average Bonchev–Trinajstić information content (AvgIpc) is 2.80. The highest BCUT2D eigenvalue weighted by atomic mass is 35.5. The Labute approximate surface area is 214 Å². The predicted molar refractivity (Wildman–Crippen MR) is 135 cm³/mol. The van der Waals surface area contributed by atoms with Gasteiger partial charge in [0.1, 0.15) is 10.8 Å². The quantitative estimate of drug-likeness (QED) is 0.244. The lowest BCUT2D eigenvalue weighted by molar-refractivity contribution is -0.126. The van der Waals surface area contributed by atoms with Crippen LogP contribution in [0.25, 0.3) is 0 Å². The number of halogens is 2. The molecule has 0 saturated heterocycles. The van der Waals surface area contributed by atoms with Crippen LogP contribution >= 0.6 is 23.2 Å². The van der Waals surface area contributed by atoms with Gasteiger partial charge >= 0.3 is 0 Å². The molecule has 0 heterocycles. The summed E-state index contributed by atoms with van der Waals surface area (Å²) < 4.78 is 22.3. The average molecular weight is 526 g/mol. The van der Waals surface area contributed by atoms with Crippen molar-refractivity contribution in [1.29, 1.82) is 0 Å². The number of ketones is 1. The minimum absolute atomic E-state index is 0.205. The zero-order valence-corrected chi connectivity index (χ0v) is 21.8. The van der Waals surface area contributed by atoms with E-state index in [4.69, 9.17) is 42.1 Å². The van der Waals surface area contributed by atoms with Gasteiger partial charge in [-0.2, -0.15) is 5.11 Å². The third-order valence-corrected chi connectivity index (χ3v) is 5.00. The van der Waals surface area contributed by atoms with Gasteiger partial charge < -0.3 is 24.3 Å². The molecule has 1 N–H and O–H groups in total. The molecule has 1 atom stereocenters. The van der Waals surface area contributed by atoms with Gasteiger partial charge in [-0.1, -0.05) is 23.2 Å². The third-order valence-electron chi connectivity index (χ3n) is 4.42. The van der Waals surface area contributed by atoms with Crippen molar-refractivity contribution in [3.05, 3.63) is 34.3 Å². The number of hydrogen-bond donors (Lipinski definition) is 1. The van der Waals surface area contributed by atoms with Crippen molar-refractivity contribution in [3.63, 3.8) is 0 Å². The maximum absolute atomic E-state index is 13.0. The molecule has 0 spiro atoms. The molecule has 1 unspecified atom stereocenters. The number of hydrogen-bond acceptors (Lipinski definition) is 8. The van der Waals surface area contributed by atoms with E-state index in [0.29, 0.717) is 48.7 Å². The van der Waals surface area contributed by atoms with Gasteiger partial charge in [0, 0.05) is 17.2 Å². The minimum atomic E-state index is -1.45. The van der Waals surface area contributed by atoms with Crippen LogP contribution in [0, 0.1) is 0 Å². The molecule has 0 aromatic heterocycles. The van der Waals surface area contributed by atoms with E-state index in [2.05, 4.69) is 15.5 Å². The Bertz CT molecular complexity index is 1050. The number of anilines is 1. The van der Waals surface area contributed by atoms with Crippen LogP contribution in [0.1, 0.15) is 34.6 Å². The summed E-state index contributed by atoms with van der Waals surface area (Å²) >= 11 is 12.5. The lowest BCUT2D eigenvalue weighted by Crippen LogP contribution is -2.32. The molecule has 1 amide bonds. The topological polar surface area (TPSA) is 108 Å². The van der Waals surface area contributed by atoms with E-state index < -0.39 is 17.7 Å². The summed E-state index contributed by atoms with van der Waals surface area (Å²) in [5.74, 6) is 0.0212. The molecule has 11 heteroatoms. The van der Waals surface area contributed by atoms with Gasteiger partial charge in [0.2, 0.25) is 6.04 Å². The second kappa shape index (κ2) is 13.7. The molecule has 0 aliphatic heterocycles. The number of amides is 1. The summed E-state index contributed by atoms with van der Waals surface area (Å²) in [4.78, 5) is 25.3. The van der Waals surface area contributed by atoms with E-state index in [9.17, 15) is 9.59 Å². The van der Waals surface area contributed by atoms with Gasteiger partial charge in [0.15, 0.2) is 28.7 Å². The number of carbonyl (C=O) groups is 2. The fourth-order valence-corrected chi connectivity index (χ4v) is 3.48. The first-order chi connectivity index (χ1) is 16.8. The number of nitrogens with one attached hydrogen (secondary N) is 1. The molecule has 9 nitrogen and oxygen atoms in total. The van der Waals surface area contributed by atoms with Crippen molar-refractivity contribution in [1.82, 2.24) is 0 Å². The number of benzene rings is 2. The van der Waals surface area contributed by atoms with Gasteiger partial charge in [-0.15, -0.1) is 5.11 Å². The second-order valence-corrected chi connectivity index (χ2v) is 7.77. The summed E-state index contributed by atoms with van der Waals surface area (Å²) in [6.07, 6.45) is 0. The summed E-state index contributed by atoms with van der Waals surface area (Å²) in [5, 5.41) is 11.4. The van der Waals surface area contributed by atoms with Crippen molar-refractivity contribution in [2.75, 3.05) is 31.7 Å². The Morgan fingerprint density at radius 3 is 1.94 bits per heavy atom. The number of carbonyl (C=O) groups excluding carboxylic acids is 2. The first-order valence-electron chi connectivity index (χ1n) is 11.2. The minimum Gasteiger partial charge on any atom is -0.492 e. The number of Topliss-reactive ketones (excluding diaryl/α,β-unsaturated/α-hetero) is 1. The molecular formula is C24H29Cl2N3O6. The zero-order valence-electron chi connectivity index (χ0n) is 20.3. The van der Waals surface area contributed by atoms with Crippen LogP contribution in [0.3, 0.4) is 0 Å². The summed E-state index contributed by atoms with van der Waals surface area (Å²) in [6, 6.07) is 4.84. The highest BCUT2D eigenvalue weighted by Crippen LogP contribution is 2.42. The summed E-state index contributed by atoms with van der Waals surface area (Å²) in [6.45, 7) is 9.81. The Kier molecular flexibility index (Phi) is 11.1. The SMILES string of the molecule is CCOc1ccc(NC(=O)C(N=Nc2c(OCC)cc(Cl)cc2OCC)C(C)=O)c(OCC)c1Cl. The van der Waals surface area contributed by atoms with Crippen LogP contribution in [0.4, 0.5) is 11.4 Å². The van der Waals surface area contributed by atoms with Gasteiger partial charge in [-0.3, -0.25) is 9.59 Å². The summed E-state index contributed by atoms with van der Waals surface area (Å²) in [5.41, 5.74) is 0.486. The monoisotopic (exact) mass is 525 g/mol. The van der Waals surface area contributed by atoms with Gasteiger partial charge in [-0.05, 0) is 46.8 Å². The first-order valence-corrected chi connectivity index (χ1v) is 11.9.